The number of hydrogen-bond donors (Lipinski definition) is 1. The highest BCUT2D eigenvalue weighted by molar-refractivity contribution is 5.31. The molecule has 114 valence electrons. The Hall–Kier alpha value is -1.13. The summed E-state index contributed by atoms with van der Waals surface area (Å²) in [6.45, 7) is 6.36. The van der Waals surface area contributed by atoms with Gasteiger partial charge in [0.1, 0.15) is 0 Å². The molecular weight excluding hydrogens is 257 g/mol. The van der Waals surface area contributed by atoms with Crippen LogP contribution in [0.5, 0.6) is 5.75 Å². The minimum Gasteiger partial charge on any atom is -0.494 e. The predicted molar refractivity (Wildman–Crippen MR) is 79.8 cm³/mol. The molecule has 0 radical (unpaired) electrons. The SMILES string of the molecule is CNC(Cc1cccc(OC)c1F)C(OC)C(C)(C)C. The van der Waals surface area contributed by atoms with Gasteiger partial charge in [0.2, 0.25) is 0 Å². The Kier molecular flexibility index (Phi) is 5.96. The summed E-state index contributed by atoms with van der Waals surface area (Å²) in [5.74, 6) is -0.0129. The molecule has 0 heterocycles. The number of nitrogens with one attached hydrogen (secondary N) is 1. The largest absolute Gasteiger partial charge is 0.494 e. The van der Waals surface area contributed by atoms with E-state index in [4.69, 9.17) is 9.47 Å². The number of hydrogen-bond acceptors (Lipinski definition) is 3. The number of likely N-dealkylation sites (N-methyl/N-ethyl adjacent to an activating group) is 1. The van der Waals surface area contributed by atoms with Crippen molar-refractivity contribution in [3.8, 4) is 5.75 Å². The van der Waals surface area contributed by atoms with Crippen LogP contribution in [0.1, 0.15) is 26.3 Å². The second-order valence-electron chi connectivity index (χ2n) is 6.05. The molecule has 4 heteroatoms. The average molecular weight is 283 g/mol. The molecule has 20 heavy (non-hydrogen) atoms. The lowest BCUT2D eigenvalue weighted by atomic mass is 9.82. The van der Waals surface area contributed by atoms with E-state index in [0.29, 0.717) is 12.0 Å². The molecule has 1 N–H and O–H groups in total. The van der Waals surface area contributed by atoms with Gasteiger partial charge in [0.05, 0.1) is 13.2 Å². The third-order valence-corrected chi connectivity index (χ3v) is 3.55. The standard InChI is InChI=1S/C16H26FNO2/c1-16(2,3)15(20-6)12(18-4)10-11-8-7-9-13(19-5)14(11)17/h7-9,12,15,18H,10H2,1-6H3. The van der Waals surface area contributed by atoms with Crippen molar-refractivity contribution < 1.29 is 13.9 Å². The maximum absolute atomic E-state index is 14.2. The van der Waals surface area contributed by atoms with E-state index >= 15 is 0 Å². The monoisotopic (exact) mass is 283 g/mol. The second-order valence-corrected chi connectivity index (χ2v) is 6.05. The van der Waals surface area contributed by atoms with Crippen LogP contribution >= 0.6 is 0 Å². The second kappa shape index (κ2) is 7.04. The lowest BCUT2D eigenvalue weighted by Crippen LogP contribution is -2.47. The van der Waals surface area contributed by atoms with Gasteiger partial charge in [-0.1, -0.05) is 32.9 Å². The van der Waals surface area contributed by atoms with E-state index in [0.717, 1.165) is 0 Å². The highest BCUT2D eigenvalue weighted by Gasteiger charge is 2.32. The minimum atomic E-state index is -0.293. The Morgan fingerprint density at radius 2 is 1.90 bits per heavy atom. The third-order valence-electron chi connectivity index (χ3n) is 3.55. The van der Waals surface area contributed by atoms with Crippen LogP contribution in [0.25, 0.3) is 0 Å². The van der Waals surface area contributed by atoms with Gasteiger partial charge in [-0.3, -0.25) is 0 Å². The zero-order valence-corrected chi connectivity index (χ0v) is 13.3. The van der Waals surface area contributed by atoms with Gasteiger partial charge in [-0.2, -0.15) is 0 Å². The molecule has 0 spiro atoms. The molecule has 2 unspecified atom stereocenters. The molecule has 0 aromatic heterocycles. The van der Waals surface area contributed by atoms with Gasteiger partial charge in [-0.05, 0) is 30.5 Å². The quantitative estimate of drug-likeness (QED) is 0.870. The molecule has 1 rings (SSSR count). The molecule has 0 saturated carbocycles. The van der Waals surface area contributed by atoms with Crippen molar-refractivity contribution in [3.63, 3.8) is 0 Å². The van der Waals surface area contributed by atoms with Crippen molar-refractivity contribution in [2.24, 2.45) is 5.41 Å². The Bertz CT molecular complexity index is 429. The lowest BCUT2D eigenvalue weighted by molar-refractivity contribution is -0.00939. The number of halogens is 1. The van der Waals surface area contributed by atoms with E-state index in [1.165, 1.54) is 7.11 Å². The molecular formula is C16H26FNO2. The van der Waals surface area contributed by atoms with Crippen LogP contribution in [0.3, 0.4) is 0 Å². The van der Waals surface area contributed by atoms with Crippen molar-refractivity contribution in [1.29, 1.82) is 0 Å². The molecule has 0 aliphatic carbocycles. The van der Waals surface area contributed by atoms with Crippen LogP contribution in [0, 0.1) is 11.2 Å². The first-order chi connectivity index (χ1) is 9.35. The fraction of sp³-hybridized carbons (Fsp3) is 0.625. The lowest BCUT2D eigenvalue weighted by Gasteiger charge is -2.36. The highest BCUT2D eigenvalue weighted by atomic mass is 19.1. The molecule has 0 amide bonds. The van der Waals surface area contributed by atoms with E-state index in [-0.39, 0.29) is 29.1 Å². The Labute approximate surface area is 121 Å². The fourth-order valence-corrected chi connectivity index (χ4v) is 2.59. The molecule has 0 saturated heterocycles. The zero-order chi connectivity index (χ0) is 15.3. The number of benzene rings is 1. The van der Waals surface area contributed by atoms with Crippen molar-refractivity contribution in [3.05, 3.63) is 29.6 Å². The first-order valence-corrected chi connectivity index (χ1v) is 6.86. The van der Waals surface area contributed by atoms with Crippen LogP contribution < -0.4 is 10.1 Å². The maximum Gasteiger partial charge on any atom is 0.168 e. The van der Waals surface area contributed by atoms with E-state index in [1.54, 1.807) is 19.2 Å². The smallest absolute Gasteiger partial charge is 0.168 e. The topological polar surface area (TPSA) is 30.5 Å². The Morgan fingerprint density at radius 3 is 2.35 bits per heavy atom. The van der Waals surface area contributed by atoms with E-state index in [2.05, 4.69) is 26.1 Å². The molecule has 0 aliphatic rings. The predicted octanol–water partition coefficient (Wildman–Crippen LogP) is 3.03. The molecule has 3 nitrogen and oxygen atoms in total. The van der Waals surface area contributed by atoms with Crippen LogP contribution in [0.4, 0.5) is 4.39 Å². The summed E-state index contributed by atoms with van der Waals surface area (Å²) >= 11 is 0. The van der Waals surface area contributed by atoms with Crippen molar-refractivity contribution in [1.82, 2.24) is 5.32 Å². The van der Waals surface area contributed by atoms with E-state index < -0.39 is 0 Å². The minimum absolute atomic E-state index is 0.0156. The van der Waals surface area contributed by atoms with Crippen LogP contribution in [-0.4, -0.2) is 33.4 Å². The average Bonchev–Trinajstić information content (AvgIpc) is 2.38. The van der Waals surface area contributed by atoms with E-state index in [1.807, 2.05) is 13.1 Å². The molecule has 0 fully saturated rings. The number of rotatable bonds is 6. The molecule has 2 atom stereocenters. The van der Waals surface area contributed by atoms with Gasteiger partial charge in [0.25, 0.3) is 0 Å². The summed E-state index contributed by atoms with van der Waals surface area (Å²) < 4.78 is 24.9. The molecule has 0 bridgehead atoms. The normalized spacial score (nSPS) is 14.9. The summed E-state index contributed by atoms with van der Waals surface area (Å²) in [6.07, 6.45) is 0.535. The first-order valence-electron chi connectivity index (χ1n) is 6.86. The number of ether oxygens (including phenoxy) is 2. The summed E-state index contributed by atoms with van der Waals surface area (Å²) in [6, 6.07) is 5.26. The van der Waals surface area contributed by atoms with Gasteiger partial charge >= 0.3 is 0 Å². The highest BCUT2D eigenvalue weighted by Crippen LogP contribution is 2.28. The van der Waals surface area contributed by atoms with Gasteiger partial charge < -0.3 is 14.8 Å². The van der Waals surface area contributed by atoms with Crippen LogP contribution in [-0.2, 0) is 11.2 Å². The van der Waals surface area contributed by atoms with Gasteiger partial charge in [0, 0.05) is 13.2 Å². The molecule has 1 aromatic carbocycles. The molecule has 0 aliphatic heterocycles. The van der Waals surface area contributed by atoms with Crippen LogP contribution in [0.15, 0.2) is 18.2 Å². The van der Waals surface area contributed by atoms with Gasteiger partial charge in [0.15, 0.2) is 11.6 Å². The van der Waals surface area contributed by atoms with Crippen molar-refractivity contribution >= 4 is 0 Å². The first kappa shape index (κ1) is 16.9. The summed E-state index contributed by atoms with van der Waals surface area (Å²) in [5, 5.41) is 3.24. The summed E-state index contributed by atoms with van der Waals surface area (Å²) in [7, 11) is 5.05. The third kappa shape index (κ3) is 3.93. The van der Waals surface area contributed by atoms with Crippen LogP contribution in [0.2, 0.25) is 0 Å². The Balaban J connectivity index is 2.99. The summed E-state index contributed by atoms with van der Waals surface area (Å²) in [5.41, 5.74) is 0.604. The Morgan fingerprint density at radius 1 is 1.25 bits per heavy atom. The molecule has 1 aromatic rings. The maximum atomic E-state index is 14.2. The van der Waals surface area contributed by atoms with Gasteiger partial charge in [-0.25, -0.2) is 4.39 Å². The van der Waals surface area contributed by atoms with Gasteiger partial charge in [-0.15, -0.1) is 0 Å². The van der Waals surface area contributed by atoms with Crippen molar-refractivity contribution in [2.75, 3.05) is 21.3 Å². The summed E-state index contributed by atoms with van der Waals surface area (Å²) in [4.78, 5) is 0. The number of methoxy groups -OCH3 is 2. The zero-order valence-electron chi connectivity index (χ0n) is 13.3. The van der Waals surface area contributed by atoms with Crippen molar-refractivity contribution in [2.45, 2.75) is 39.3 Å². The van der Waals surface area contributed by atoms with E-state index in [9.17, 15) is 4.39 Å². The fourth-order valence-electron chi connectivity index (χ4n) is 2.59.